The third-order valence-electron chi connectivity index (χ3n) is 1.77. The van der Waals surface area contributed by atoms with Gasteiger partial charge in [0.1, 0.15) is 0 Å². The molecule has 2 N–H and O–H groups in total. The molecule has 0 bridgehead atoms. The standard InChI is InChI=1S/C10H9ClF3N/c11-5-1-2-7-3-4-8(15)6-9(7)10(12,13)14/h1-4,6H,5,15H2. The summed E-state index contributed by atoms with van der Waals surface area (Å²) >= 11 is 5.36. The van der Waals surface area contributed by atoms with Crippen LogP contribution in [0.3, 0.4) is 0 Å². The minimum atomic E-state index is -4.40. The minimum absolute atomic E-state index is 0.0670. The molecule has 82 valence electrons. The van der Waals surface area contributed by atoms with Crippen molar-refractivity contribution >= 4 is 23.4 Å². The zero-order valence-electron chi connectivity index (χ0n) is 7.68. The van der Waals surface area contributed by atoms with Crippen LogP contribution in [0.1, 0.15) is 11.1 Å². The highest BCUT2D eigenvalue weighted by Gasteiger charge is 2.32. The first-order valence-corrected chi connectivity index (χ1v) is 4.68. The fraction of sp³-hybridized carbons (Fsp3) is 0.200. The van der Waals surface area contributed by atoms with Crippen molar-refractivity contribution in [3.63, 3.8) is 0 Å². The predicted molar refractivity (Wildman–Crippen MR) is 55.6 cm³/mol. The van der Waals surface area contributed by atoms with Crippen LogP contribution in [0.2, 0.25) is 0 Å². The van der Waals surface area contributed by atoms with Crippen LogP contribution in [0.15, 0.2) is 24.3 Å². The molecule has 0 aromatic heterocycles. The van der Waals surface area contributed by atoms with Crippen LogP contribution < -0.4 is 5.73 Å². The lowest BCUT2D eigenvalue weighted by atomic mass is 10.1. The van der Waals surface area contributed by atoms with Crippen LogP contribution in [0.4, 0.5) is 18.9 Å². The SMILES string of the molecule is Nc1ccc(C=CCCl)c(C(F)(F)F)c1. The van der Waals surface area contributed by atoms with E-state index in [0.29, 0.717) is 0 Å². The van der Waals surface area contributed by atoms with Crippen molar-refractivity contribution in [2.24, 2.45) is 0 Å². The molecule has 0 saturated carbocycles. The summed E-state index contributed by atoms with van der Waals surface area (Å²) in [5.74, 6) is 0.168. The molecule has 0 amide bonds. The van der Waals surface area contributed by atoms with Gasteiger partial charge in [0.05, 0.1) is 5.56 Å². The van der Waals surface area contributed by atoms with Gasteiger partial charge in [0.15, 0.2) is 0 Å². The van der Waals surface area contributed by atoms with Crippen LogP contribution in [0.25, 0.3) is 6.08 Å². The summed E-state index contributed by atoms with van der Waals surface area (Å²) in [6.07, 6.45) is -1.63. The summed E-state index contributed by atoms with van der Waals surface area (Å²) in [5.41, 5.74) is 4.71. The van der Waals surface area contributed by atoms with Crippen molar-refractivity contribution in [3.05, 3.63) is 35.4 Å². The second-order valence-corrected chi connectivity index (χ2v) is 3.21. The fourth-order valence-electron chi connectivity index (χ4n) is 1.14. The molecular formula is C10H9ClF3N. The van der Waals surface area contributed by atoms with Crippen molar-refractivity contribution in [1.29, 1.82) is 0 Å². The summed E-state index contributed by atoms with van der Waals surface area (Å²) in [5, 5.41) is 0. The Labute approximate surface area is 90.3 Å². The Morgan fingerprint density at radius 3 is 2.53 bits per heavy atom. The topological polar surface area (TPSA) is 26.0 Å². The summed E-state index contributed by atoms with van der Waals surface area (Å²) in [6, 6.07) is 3.65. The van der Waals surface area contributed by atoms with E-state index in [2.05, 4.69) is 0 Å². The maximum atomic E-state index is 12.5. The van der Waals surface area contributed by atoms with Gasteiger partial charge in [-0.05, 0) is 17.7 Å². The Balaban J connectivity index is 3.21. The lowest BCUT2D eigenvalue weighted by Gasteiger charge is -2.10. The lowest BCUT2D eigenvalue weighted by molar-refractivity contribution is -0.137. The van der Waals surface area contributed by atoms with Crippen LogP contribution in [0.5, 0.6) is 0 Å². The molecule has 0 spiro atoms. The molecule has 1 aromatic carbocycles. The summed E-state index contributed by atoms with van der Waals surface area (Å²) in [7, 11) is 0. The van der Waals surface area contributed by atoms with Gasteiger partial charge in [-0.15, -0.1) is 11.6 Å². The van der Waals surface area contributed by atoms with E-state index in [1.54, 1.807) is 0 Å². The van der Waals surface area contributed by atoms with Crippen molar-refractivity contribution < 1.29 is 13.2 Å². The van der Waals surface area contributed by atoms with E-state index in [-0.39, 0.29) is 17.1 Å². The van der Waals surface area contributed by atoms with E-state index in [0.717, 1.165) is 6.07 Å². The Bertz CT molecular complexity index is 371. The molecule has 1 aromatic rings. The number of hydrogen-bond acceptors (Lipinski definition) is 1. The monoisotopic (exact) mass is 235 g/mol. The number of allylic oxidation sites excluding steroid dienone is 1. The highest BCUT2D eigenvalue weighted by atomic mass is 35.5. The Kier molecular flexibility index (Phi) is 3.63. The molecule has 0 aliphatic rings. The van der Waals surface area contributed by atoms with E-state index in [1.807, 2.05) is 0 Å². The molecule has 1 rings (SSSR count). The second kappa shape index (κ2) is 4.57. The first-order valence-electron chi connectivity index (χ1n) is 4.14. The van der Waals surface area contributed by atoms with Crippen LogP contribution in [-0.2, 0) is 6.18 Å². The zero-order chi connectivity index (χ0) is 11.5. The van der Waals surface area contributed by atoms with E-state index in [1.165, 1.54) is 24.3 Å². The average molecular weight is 236 g/mol. The van der Waals surface area contributed by atoms with Crippen molar-refractivity contribution in [2.45, 2.75) is 6.18 Å². The van der Waals surface area contributed by atoms with Gasteiger partial charge in [0.2, 0.25) is 0 Å². The predicted octanol–water partition coefficient (Wildman–Crippen LogP) is 3.54. The normalized spacial score (nSPS) is 12.3. The van der Waals surface area contributed by atoms with Gasteiger partial charge < -0.3 is 5.73 Å². The minimum Gasteiger partial charge on any atom is -0.399 e. The number of rotatable bonds is 2. The average Bonchev–Trinajstić information content (AvgIpc) is 2.14. The Morgan fingerprint density at radius 2 is 2.00 bits per heavy atom. The summed E-state index contributed by atoms with van der Waals surface area (Å²) in [4.78, 5) is 0. The number of alkyl halides is 4. The van der Waals surface area contributed by atoms with E-state index < -0.39 is 11.7 Å². The molecule has 0 saturated heterocycles. The smallest absolute Gasteiger partial charge is 0.399 e. The molecular weight excluding hydrogens is 227 g/mol. The van der Waals surface area contributed by atoms with Crippen LogP contribution in [-0.4, -0.2) is 5.88 Å². The number of anilines is 1. The number of halogens is 4. The highest BCUT2D eigenvalue weighted by Crippen LogP contribution is 2.33. The van der Waals surface area contributed by atoms with Gasteiger partial charge in [-0.2, -0.15) is 13.2 Å². The molecule has 1 nitrogen and oxygen atoms in total. The van der Waals surface area contributed by atoms with Gasteiger partial charge in [-0.3, -0.25) is 0 Å². The zero-order valence-corrected chi connectivity index (χ0v) is 8.44. The molecule has 15 heavy (non-hydrogen) atoms. The van der Waals surface area contributed by atoms with Crippen molar-refractivity contribution in [2.75, 3.05) is 11.6 Å². The van der Waals surface area contributed by atoms with E-state index in [9.17, 15) is 13.2 Å². The Hall–Kier alpha value is -1.16. The van der Waals surface area contributed by atoms with E-state index >= 15 is 0 Å². The molecule has 0 fully saturated rings. The molecule has 0 unspecified atom stereocenters. The third kappa shape index (κ3) is 3.16. The van der Waals surface area contributed by atoms with Crippen molar-refractivity contribution in [1.82, 2.24) is 0 Å². The molecule has 0 aliphatic heterocycles. The largest absolute Gasteiger partial charge is 0.417 e. The first kappa shape index (κ1) is 11.9. The number of nitrogen functional groups attached to an aromatic ring is 1. The van der Waals surface area contributed by atoms with Gasteiger partial charge in [0.25, 0.3) is 0 Å². The van der Waals surface area contributed by atoms with Crippen LogP contribution >= 0.6 is 11.6 Å². The quantitative estimate of drug-likeness (QED) is 0.616. The molecule has 5 heteroatoms. The summed E-state index contributed by atoms with van der Waals surface area (Å²) < 4.78 is 37.6. The molecule has 0 atom stereocenters. The maximum Gasteiger partial charge on any atom is 0.417 e. The fourth-order valence-corrected chi connectivity index (χ4v) is 1.23. The number of benzene rings is 1. The molecule has 0 radical (unpaired) electrons. The van der Waals surface area contributed by atoms with Gasteiger partial charge in [0, 0.05) is 11.6 Å². The van der Waals surface area contributed by atoms with Crippen molar-refractivity contribution in [3.8, 4) is 0 Å². The maximum absolute atomic E-state index is 12.5. The van der Waals surface area contributed by atoms with Gasteiger partial charge >= 0.3 is 6.18 Å². The lowest BCUT2D eigenvalue weighted by Crippen LogP contribution is -2.08. The molecule has 0 heterocycles. The second-order valence-electron chi connectivity index (χ2n) is 2.90. The van der Waals surface area contributed by atoms with Gasteiger partial charge in [-0.25, -0.2) is 0 Å². The summed E-state index contributed by atoms with van der Waals surface area (Å²) in [6.45, 7) is 0. The molecule has 0 aliphatic carbocycles. The van der Waals surface area contributed by atoms with Gasteiger partial charge in [-0.1, -0.05) is 18.2 Å². The number of nitrogens with two attached hydrogens (primary N) is 1. The first-order chi connectivity index (χ1) is 6.95. The third-order valence-corrected chi connectivity index (χ3v) is 1.95. The number of hydrogen-bond donors (Lipinski definition) is 1. The van der Waals surface area contributed by atoms with E-state index in [4.69, 9.17) is 17.3 Å². The Morgan fingerprint density at radius 1 is 1.33 bits per heavy atom. The highest BCUT2D eigenvalue weighted by molar-refractivity contribution is 6.19. The van der Waals surface area contributed by atoms with Crippen LogP contribution in [0, 0.1) is 0 Å².